The molecule has 0 aromatic heterocycles. The van der Waals surface area contributed by atoms with Crippen molar-refractivity contribution in [3.05, 3.63) is 0 Å². The fraction of sp³-hybridized carbons (Fsp3) is 1.00. The molecule has 9 atom stereocenters. The summed E-state index contributed by atoms with van der Waals surface area (Å²) >= 11 is 0. The summed E-state index contributed by atoms with van der Waals surface area (Å²) in [6.45, 7) is -0.991. The van der Waals surface area contributed by atoms with Crippen LogP contribution in [0.4, 0.5) is 0 Å². The Morgan fingerprint density at radius 1 is 1.05 bits per heavy atom. The minimum Gasteiger partial charge on any atom is -0.395 e. The first kappa shape index (κ1) is 17.9. The maximum Gasteiger partial charge on any atom is 0.186 e. The van der Waals surface area contributed by atoms with Crippen LogP contribution in [0.25, 0.3) is 0 Å². The molecule has 2 aliphatic rings. The van der Waals surface area contributed by atoms with Crippen molar-refractivity contribution in [3.63, 3.8) is 0 Å². The molecule has 2 heterocycles. The molecule has 0 spiro atoms. The largest absolute Gasteiger partial charge is 0.395 e. The number of hydrogen-bond donors (Lipinski definition) is 8. The minimum atomic E-state index is -1.48. The highest BCUT2D eigenvalue weighted by Crippen LogP contribution is 2.20. The van der Waals surface area contributed by atoms with Crippen LogP contribution in [0.1, 0.15) is 0 Å². The van der Waals surface area contributed by atoms with Crippen molar-refractivity contribution in [1.29, 1.82) is 0 Å². The molecule has 2 saturated heterocycles. The topological polar surface area (TPSA) is 172 Å². The van der Waals surface area contributed by atoms with Crippen LogP contribution in [-0.4, -0.2) is 111 Å². The van der Waals surface area contributed by atoms with Gasteiger partial charge in [0.15, 0.2) is 6.29 Å². The molecule has 0 aliphatic carbocycles. The van der Waals surface area contributed by atoms with Crippen LogP contribution in [0.2, 0.25) is 0 Å². The molecule has 130 valence electrons. The summed E-state index contributed by atoms with van der Waals surface area (Å²) in [5.74, 6) is 0. The number of ether oxygens (including phenoxy) is 2. The maximum absolute atomic E-state index is 10.00. The number of aliphatic hydroxyl groups is 7. The summed E-state index contributed by atoms with van der Waals surface area (Å²) in [6, 6.07) is -1.69. The molecule has 2 rings (SSSR count). The van der Waals surface area contributed by atoms with Crippen molar-refractivity contribution in [2.45, 2.75) is 55.0 Å². The minimum absolute atomic E-state index is 0.228. The van der Waals surface area contributed by atoms with E-state index in [9.17, 15) is 30.6 Å². The van der Waals surface area contributed by atoms with Crippen LogP contribution in [0.15, 0.2) is 0 Å². The Kier molecular flexibility index (Phi) is 6.07. The third kappa shape index (κ3) is 3.57. The van der Waals surface area contributed by atoms with Gasteiger partial charge in [0, 0.05) is 0 Å². The third-order valence-electron chi connectivity index (χ3n) is 4.03. The van der Waals surface area contributed by atoms with Gasteiger partial charge in [-0.25, -0.2) is 0 Å². The van der Waals surface area contributed by atoms with Gasteiger partial charge in [0.25, 0.3) is 0 Å². The van der Waals surface area contributed by atoms with Crippen LogP contribution in [0, 0.1) is 0 Å². The van der Waals surface area contributed by atoms with Crippen LogP contribution in [-0.2, 0) is 9.47 Å². The molecule has 0 aromatic carbocycles. The Bertz CT molecular complexity index is 359. The van der Waals surface area contributed by atoms with Crippen LogP contribution >= 0.6 is 0 Å². The van der Waals surface area contributed by atoms with E-state index < -0.39 is 61.6 Å². The number of hydrogen-bond acceptors (Lipinski definition) is 10. The standard InChI is InChI=1S/C12H23NO9/c14-1-4-8(17)10(19)7(13-4)5(15)2-21-12-11(20)9(18)6(16)3-22-12/h4-20H,1-3H2/t4-,5-,6+,7-,8-,9+,10-,11+,12+/m1/s1. The van der Waals surface area contributed by atoms with Gasteiger partial charge < -0.3 is 50.5 Å². The normalized spacial score (nSPS) is 47.6. The second-order valence-electron chi connectivity index (χ2n) is 5.61. The Labute approximate surface area is 126 Å². The van der Waals surface area contributed by atoms with E-state index in [1.165, 1.54) is 0 Å². The Morgan fingerprint density at radius 2 is 1.73 bits per heavy atom. The fourth-order valence-corrected chi connectivity index (χ4v) is 2.62. The van der Waals surface area contributed by atoms with Crippen molar-refractivity contribution in [3.8, 4) is 0 Å². The highest BCUT2D eigenvalue weighted by molar-refractivity contribution is 5.01. The lowest BCUT2D eigenvalue weighted by molar-refractivity contribution is -0.275. The average molecular weight is 325 g/mol. The zero-order valence-electron chi connectivity index (χ0n) is 11.8. The van der Waals surface area contributed by atoms with Crippen LogP contribution in [0.5, 0.6) is 0 Å². The summed E-state index contributed by atoms with van der Waals surface area (Å²) < 4.78 is 10.2. The maximum atomic E-state index is 10.00. The van der Waals surface area contributed by atoms with Gasteiger partial charge in [-0.2, -0.15) is 0 Å². The first-order valence-electron chi connectivity index (χ1n) is 7.05. The summed E-state index contributed by atoms with van der Waals surface area (Å²) in [4.78, 5) is 0. The summed E-state index contributed by atoms with van der Waals surface area (Å²) in [5, 5.41) is 69.6. The van der Waals surface area contributed by atoms with E-state index >= 15 is 0 Å². The van der Waals surface area contributed by atoms with E-state index in [-0.39, 0.29) is 13.2 Å². The van der Waals surface area contributed by atoms with Gasteiger partial charge in [-0.3, -0.25) is 0 Å². The molecular weight excluding hydrogens is 302 g/mol. The number of aliphatic hydroxyl groups excluding tert-OH is 7. The van der Waals surface area contributed by atoms with Crippen molar-refractivity contribution in [2.24, 2.45) is 0 Å². The molecule has 0 radical (unpaired) electrons. The van der Waals surface area contributed by atoms with E-state index in [1.54, 1.807) is 0 Å². The van der Waals surface area contributed by atoms with Crippen molar-refractivity contribution < 1.29 is 45.2 Å². The van der Waals surface area contributed by atoms with E-state index in [0.29, 0.717) is 0 Å². The predicted molar refractivity (Wildman–Crippen MR) is 69.5 cm³/mol. The molecule has 8 N–H and O–H groups in total. The van der Waals surface area contributed by atoms with E-state index in [4.69, 9.17) is 14.6 Å². The van der Waals surface area contributed by atoms with Gasteiger partial charge in [-0.1, -0.05) is 0 Å². The molecule has 2 aliphatic heterocycles. The highest BCUT2D eigenvalue weighted by atomic mass is 16.7. The molecular formula is C12H23NO9. The zero-order valence-corrected chi connectivity index (χ0v) is 11.8. The Balaban J connectivity index is 1.84. The van der Waals surface area contributed by atoms with Crippen molar-refractivity contribution in [2.75, 3.05) is 19.8 Å². The van der Waals surface area contributed by atoms with Gasteiger partial charge in [0.05, 0.1) is 50.2 Å². The summed E-state index contributed by atoms with van der Waals surface area (Å²) in [5.41, 5.74) is 0. The van der Waals surface area contributed by atoms with Gasteiger partial charge in [-0.05, 0) is 0 Å². The van der Waals surface area contributed by atoms with Crippen molar-refractivity contribution in [1.82, 2.24) is 5.32 Å². The van der Waals surface area contributed by atoms with Crippen LogP contribution in [0.3, 0.4) is 0 Å². The van der Waals surface area contributed by atoms with E-state index in [2.05, 4.69) is 5.32 Å². The lowest BCUT2D eigenvalue weighted by Crippen LogP contribution is -2.55. The van der Waals surface area contributed by atoms with Gasteiger partial charge >= 0.3 is 0 Å². The fourth-order valence-electron chi connectivity index (χ4n) is 2.62. The highest BCUT2D eigenvalue weighted by Gasteiger charge is 2.45. The molecule has 22 heavy (non-hydrogen) atoms. The second kappa shape index (κ2) is 7.45. The Morgan fingerprint density at radius 3 is 2.32 bits per heavy atom. The Hall–Kier alpha value is -0.400. The van der Waals surface area contributed by atoms with Gasteiger partial charge in [0.2, 0.25) is 0 Å². The molecule has 0 saturated carbocycles. The quantitative estimate of drug-likeness (QED) is 0.244. The molecule has 0 aromatic rings. The first-order chi connectivity index (χ1) is 10.4. The monoisotopic (exact) mass is 325 g/mol. The van der Waals surface area contributed by atoms with Gasteiger partial charge in [0.1, 0.15) is 18.3 Å². The van der Waals surface area contributed by atoms with Crippen molar-refractivity contribution >= 4 is 0 Å². The number of nitrogens with one attached hydrogen (secondary N) is 1. The molecule has 0 unspecified atom stereocenters. The van der Waals surface area contributed by atoms with Crippen LogP contribution < -0.4 is 5.32 Å². The predicted octanol–water partition coefficient (Wildman–Crippen LogP) is -5.14. The molecule has 0 amide bonds. The first-order valence-corrected chi connectivity index (χ1v) is 7.05. The van der Waals surface area contributed by atoms with Gasteiger partial charge in [-0.15, -0.1) is 0 Å². The molecule has 0 bridgehead atoms. The third-order valence-corrected chi connectivity index (χ3v) is 4.03. The molecule has 10 heteroatoms. The summed E-state index contributed by atoms with van der Waals surface area (Å²) in [7, 11) is 0. The summed E-state index contributed by atoms with van der Waals surface area (Å²) in [6.07, 6.45) is -9.12. The lowest BCUT2D eigenvalue weighted by atomic mass is 10.0. The van der Waals surface area contributed by atoms with E-state index in [0.717, 1.165) is 0 Å². The second-order valence-corrected chi connectivity index (χ2v) is 5.61. The lowest BCUT2D eigenvalue weighted by Gasteiger charge is -2.35. The van der Waals surface area contributed by atoms with E-state index in [1.807, 2.05) is 0 Å². The smallest absolute Gasteiger partial charge is 0.186 e. The number of rotatable bonds is 5. The SMILES string of the molecule is OC[C@H]1N[C@H]([C@H](O)CO[C@H]2OC[C@H](O)[C@H](O)[C@@H]2O)[C@@H](O)[C@@H]1O. The molecule has 2 fully saturated rings. The average Bonchev–Trinajstić information content (AvgIpc) is 2.79. The zero-order chi connectivity index (χ0) is 16.4. The molecule has 10 nitrogen and oxygen atoms in total.